The van der Waals surface area contributed by atoms with E-state index in [1.54, 1.807) is 43.3 Å². The van der Waals surface area contributed by atoms with Crippen LogP contribution in [0.25, 0.3) is 0 Å². The Balaban J connectivity index is 1.89. The van der Waals surface area contributed by atoms with E-state index in [1.807, 2.05) is 0 Å². The molecule has 0 aliphatic carbocycles. The van der Waals surface area contributed by atoms with Crippen LogP contribution in [0.2, 0.25) is 5.02 Å². The molecule has 0 aliphatic heterocycles. The highest BCUT2D eigenvalue weighted by Crippen LogP contribution is 2.29. The molecule has 3 rings (SSSR count). The standard InChI is InChI=1S/C25H24ClF4N3O/c1-15-12-17(8-9-20(15)27)21(10-6-16-7-11-22(32-14-16)25(28,29)30)33-23(24(34)31-2)18-4-3-5-19(26)13-18/h3-5,7-9,11-14,21,23,33H,6,10H2,1-2H3,(H,31,34). The molecule has 0 aliphatic rings. The topological polar surface area (TPSA) is 54.0 Å². The van der Waals surface area contributed by atoms with Gasteiger partial charge < -0.3 is 5.32 Å². The first kappa shape index (κ1) is 25.6. The van der Waals surface area contributed by atoms with E-state index in [0.29, 0.717) is 34.6 Å². The highest BCUT2D eigenvalue weighted by atomic mass is 35.5. The van der Waals surface area contributed by atoms with E-state index < -0.39 is 24.0 Å². The Morgan fingerprint density at radius 3 is 2.44 bits per heavy atom. The van der Waals surface area contributed by atoms with Crippen molar-refractivity contribution in [2.75, 3.05) is 7.05 Å². The molecule has 0 radical (unpaired) electrons. The molecule has 9 heteroatoms. The van der Waals surface area contributed by atoms with E-state index >= 15 is 0 Å². The molecule has 1 heterocycles. The van der Waals surface area contributed by atoms with Crippen LogP contribution >= 0.6 is 11.6 Å². The van der Waals surface area contributed by atoms with Gasteiger partial charge in [0, 0.05) is 24.3 Å². The van der Waals surface area contributed by atoms with Crippen molar-refractivity contribution < 1.29 is 22.4 Å². The second-order valence-corrected chi connectivity index (χ2v) is 8.35. The molecule has 1 aromatic heterocycles. The van der Waals surface area contributed by atoms with Gasteiger partial charge >= 0.3 is 6.18 Å². The number of nitrogens with one attached hydrogen (secondary N) is 2. The minimum atomic E-state index is -4.51. The summed E-state index contributed by atoms with van der Waals surface area (Å²) in [6.07, 6.45) is -2.50. The average molecular weight is 494 g/mol. The lowest BCUT2D eigenvalue weighted by Crippen LogP contribution is -2.38. The maximum absolute atomic E-state index is 13.9. The van der Waals surface area contributed by atoms with Crippen molar-refractivity contribution in [3.8, 4) is 0 Å². The Morgan fingerprint density at radius 2 is 1.85 bits per heavy atom. The minimum absolute atomic E-state index is 0.290. The maximum atomic E-state index is 13.9. The number of aromatic nitrogens is 1. The normalized spacial score (nSPS) is 13.4. The summed E-state index contributed by atoms with van der Waals surface area (Å²) in [6, 6.07) is 12.7. The van der Waals surface area contributed by atoms with Crippen LogP contribution in [0.15, 0.2) is 60.8 Å². The Kier molecular flexibility index (Phi) is 8.28. The van der Waals surface area contributed by atoms with E-state index in [0.717, 1.165) is 11.6 Å². The van der Waals surface area contributed by atoms with Gasteiger partial charge in [-0.1, -0.05) is 41.9 Å². The molecule has 1 amide bonds. The summed E-state index contributed by atoms with van der Waals surface area (Å²) in [7, 11) is 1.52. The van der Waals surface area contributed by atoms with Gasteiger partial charge in [-0.05, 0) is 66.3 Å². The van der Waals surface area contributed by atoms with Gasteiger partial charge in [-0.15, -0.1) is 0 Å². The first-order valence-corrected chi connectivity index (χ1v) is 11.0. The number of likely N-dealkylation sites (N-methyl/N-ethyl adjacent to an activating group) is 1. The van der Waals surface area contributed by atoms with E-state index in [4.69, 9.17) is 11.6 Å². The van der Waals surface area contributed by atoms with Gasteiger partial charge in [-0.3, -0.25) is 15.1 Å². The van der Waals surface area contributed by atoms with Crippen molar-refractivity contribution in [3.05, 3.63) is 99.6 Å². The fraction of sp³-hybridized carbons (Fsp3) is 0.280. The largest absolute Gasteiger partial charge is 0.433 e. The molecule has 34 heavy (non-hydrogen) atoms. The predicted molar refractivity (Wildman–Crippen MR) is 123 cm³/mol. The first-order valence-electron chi connectivity index (χ1n) is 10.6. The third-order valence-corrected chi connectivity index (χ3v) is 5.71. The number of carbonyl (C=O) groups is 1. The van der Waals surface area contributed by atoms with Crippen LogP contribution in [-0.2, 0) is 17.4 Å². The summed E-state index contributed by atoms with van der Waals surface area (Å²) < 4.78 is 52.4. The summed E-state index contributed by atoms with van der Waals surface area (Å²) in [6.45, 7) is 1.64. The summed E-state index contributed by atoms with van der Waals surface area (Å²) in [4.78, 5) is 16.2. The number of aryl methyl sites for hydroxylation is 2. The molecule has 0 saturated carbocycles. The number of nitrogens with zero attached hydrogens (tertiary/aromatic N) is 1. The fourth-order valence-electron chi connectivity index (χ4n) is 3.64. The van der Waals surface area contributed by atoms with Crippen LogP contribution in [0.5, 0.6) is 0 Å². The first-order chi connectivity index (χ1) is 16.1. The van der Waals surface area contributed by atoms with Crippen molar-refractivity contribution in [2.24, 2.45) is 0 Å². The Bertz CT molecular complexity index is 1140. The number of halogens is 5. The van der Waals surface area contributed by atoms with Crippen LogP contribution in [-0.4, -0.2) is 17.9 Å². The minimum Gasteiger partial charge on any atom is -0.358 e. The second-order valence-electron chi connectivity index (χ2n) is 7.92. The third kappa shape index (κ3) is 6.55. The smallest absolute Gasteiger partial charge is 0.358 e. The molecule has 180 valence electrons. The van der Waals surface area contributed by atoms with Crippen LogP contribution in [0.4, 0.5) is 17.6 Å². The van der Waals surface area contributed by atoms with Crippen LogP contribution < -0.4 is 10.6 Å². The molecule has 0 spiro atoms. The highest BCUT2D eigenvalue weighted by molar-refractivity contribution is 6.30. The Hall–Kier alpha value is -2.97. The zero-order chi connectivity index (χ0) is 24.9. The van der Waals surface area contributed by atoms with Gasteiger partial charge in [0.05, 0.1) is 0 Å². The van der Waals surface area contributed by atoms with Gasteiger partial charge in [-0.2, -0.15) is 13.2 Å². The van der Waals surface area contributed by atoms with Gasteiger partial charge in [-0.25, -0.2) is 4.39 Å². The molecule has 0 fully saturated rings. The molecule has 0 bridgehead atoms. The van der Waals surface area contributed by atoms with E-state index in [1.165, 1.54) is 25.4 Å². The fourth-order valence-corrected chi connectivity index (χ4v) is 3.84. The van der Waals surface area contributed by atoms with Crippen LogP contribution in [0.1, 0.15) is 46.5 Å². The predicted octanol–water partition coefficient (Wildman–Crippen LogP) is 5.95. The SMILES string of the molecule is CNC(=O)C(NC(CCc1ccc(C(F)(F)F)nc1)c1ccc(F)c(C)c1)c1cccc(Cl)c1. The number of hydrogen-bond acceptors (Lipinski definition) is 3. The Morgan fingerprint density at radius 1 is 1.09 bits per heavy atom. The van der Waals surface area contributed by atoms with Gasteiger partial charge in [0.15, 0.2) is 0 Å². The number of alkyl halides is 3. The van der Waals surface area contributed by atoms with E-state index in [2.05, 4.69) is 15.6 Å². The molecule has 2 unspecified atom stereocenters. The zero-order valence-corrected chi connectivity index (χ0v) is 19.3. The highest BCUT2D eigenvalue weighted by Gasteiger charge is 2.32. The lowest BCUT2D eigenvalue weighted by Gasteiger charge is -2.26. The summed E-state index contributed by atoms with van der Waals surface area (Å²) in [5.74, 6) is -0.644. The third-order valence-electron chi connectivity index (χ3n) is 5.48. The number of rotatable bonds is 8. The molecule has 2 atom stereocenters. The van der Waals surface area contributed by atoms with E-state index in [-0.39, 0.29) is 11.7 Å². The monoisotopic (exact) mass is 493 g/mol. The lowest BCUT2D eigenvalue weighted by atomic mass is 9.95. The van der Waals surface area contributed by atoms with Crippen molar-refractivity contribution in [2.45, 2.75) is 38.0 Å². The molecule has 4 nitrogen and oxygen atoms in total. The van der Waals surface area contributed by atoms with Gasteiger partial charge in [0.2, 0.25) is 5.91 Å². The maximum Gasteiger partial charge on any atom is 0.433 e. The number of benzene rings is 2. The molecule has 3 aromatic rings. The summed E-state index contributed by atoms with van der Waals surface area (Å²) in [5.41, 5.74) is 1.49. The Labute approximate surface area is 200 Å². The molecule has 2 N–H and O–H groups in total. The van der Waals surface area contributed by atoms with Crippen LogP contribution in [0, 0.1) is 12.7 Å². The van der Waals surface area contributed by atoms with E-state index in [9.17, 15) is 22.4 Å². The molecule has 0 saturated heterocycles. The molecular formula is C25H24ClF4N3O. The van der Waals surface area contributed by atoms with Crippen molar-refractivity contribution in [1.82, 2.24) is 15.6 Å². The number of hydrogen-bond donors (Lipinski definition) is 2. The van der Waals surface area contributed by atoms with Gasteiger partial charge in [0.1, 0.15) is 17.6 Å². The lowest BCUT2D eigenvalue weighted by molar-refractivity contribution is -0.141. The number of amides is 1. The number of carbonyl (C=O) groups excluding carboxylic acids is 1. The average Bonchev–Trinajstić information content (AvgIpc) is 2.80. The van der Waals surface area contributed by atoms with Crippen molar-refractivity contribution in [3.63, 3.8) is 0 Å². The van der Waals surface area contributed by atoms with Gasteiger partial charge in [0.25, 0.3) is 0 Å². The quantitative estimate of drug-likeness (QED) is 0.381. The second kappa shape index (κ2) is 11.0. The zero-order valence-electron chi connectivity index (χ0n) is 18.6. The summed E-state index contributed by atoms with van der Waals surface area (Å²) >= 11 is 6.13. The summed E-state index contributed by atoms with van der Waals surface area (Å²) in [5, 5.41) is 6.43. The molecular weight excluding hydrogens is 470 g/mol. The van der Waals surface area contributed by atoms with Crippen LogP contribution in [0.3, 0.4) is 0 Å². The molecule has 2 aromatic carbocycles. The number of pyridine rings is 1. The van der Waals surface area contributed by atoms with Crippen molar-refractivity contribution in [1.29, 1.82) is 0 Å². The van der Waals surface area contributed by atoms with Crippen molar-refractivity contribution >= 4 is 17.5 Å².